The van der Waals surface area contributed by atoms with Crippen LogP contribution in [0.1, 0.15) is 27.2 Å². The highest BCUT2D eigenvalue weighted by atomic mass is 16.5. The van der Waals surface area contributed by atoms with Crippen LogP contribution in [0, 0.1) is 13.8 Å². The van der Waals surface area contributed by atoms with Crippen LogP contribution in [0.2, 0.25) is 0 Å². The molecule has 0 unspecified atom stereocenters. The van der Waals surface area contributed by atoms with Gasteiger partial charge < -0.3 is 18.9 Å². The third-order valence-corrected chi connectivity index (χ3v) is 4.66. The Balaban J connectivity index is 1.65. The minimum absolute atomic E-state index is 0.180. The lowest BCUT2D eigenvalue weighted by molar-refractivity contribution is 0.0925. The Kier molecular flexibility index (Phi) is 4.39. The summed E-state index contributed by atoms with van der Waals surface area (Å²) in [6.07, 6.45) is 0. The fourth-order valence-electron chi connectivity index (χ4n) is 3.48. The van der Waals surface area contributed by atoms with Crippen molar-refractivity contribution in [2.45, 2.75) is 20.4 Å². The molecule has 4 rings (SSSR count). The van der Waals surface area contributed by atoms with Crippen LogP contribution in [-0.2, 0) is 6.54 Å². The number of carbonyl (C=O) groups excluding carboxylic acids is 1. The zero-order valence-corrected chi connectivity index (χ0v) is 15.8. The maximum atomic E-state index is 12.6. The Morgan fingerprint density at radius 3 is 2.71 bits per heavy atom. The van der Waals surface area contributed by atoms with Crippen molar-refractivity contribution < 1.29 is 18.4 Å². The first kappa shape index (κ1) is 17.9. The maximum absolute atomic E-state index is 12.6. The van der Waals surface area contributed by atoms with E-state index in [1.54, 1.807) is 19.2 Å². The molecule has 0 aliphatic carbocycles. The molecule has 6 nitrogen and oxygen atoms in total. The van der Waals surface area contributed by atoms with Crippen molar-refractivity contribution in [2.75, 3.05) is 7.11 Å². The van der Waals surface area contributed by atoms with Gasteiger partial charge in [0, 0.05) is 23.4 Å². The first-order chi connectivity index (χ1) is 13.5. The van der Waals surface area contributed by atoms with Crippen molar-refractivity contribution in [3.05, 3.63) is 75.3 Å². The van der Waals surface area contributed by atoms with Gasteiger partial charge in [-0.2, -0.15) is 0 Å². The highest BCUT2D eigenvalue weighted by molar-refractivity contribution is 5.97. The number of carbonyl (C=O) groups is 1. The van der Waals surface area contributed by atoms with Crippen LogP contribution in [0.15, 0.2) is 56.1 Å². The molecule has 0 aliphatic heterocycles. The molecule has 2 aromatic carbocycles. The van der Waals surface area contributed by atoms with E-state index in [9.17, 15) is 9.59 Å². The van der Waals surface area contributed by atoms with E-state index < -0.39 is 5.63 Å². The van der Waals surface area contributed by atoms with E-state index in [0.29, 0.717) is 22.5 Å². The van der Waals surface area contributed by atoms with E-state index in [0.717, 1.165) is 21.9 Å². The normalized spacial score (nSPS) is 11.1. The van der Waals surface area contributed by atoms with Gasteiger partial charge in [0.25, 0.3) is 5.91 Å². The number of fused-ring (bicyclic) bond motifs is 2. The number of benzene rings is 2. The summed E-state index contributed by atoms with van der Waals surface area (Å²) in [7, 11) is 1.55. The number of hydrogen-bond acceptors (Lipinski definition) is 5. The number of methoxy groups -OCH3 is 1. The van der Waals surface area contributed by atoms with Gasteiger partial charge in [0.15, 0.2) is 17.1 Å². The molecular formula is C22H19NO5. The summed E-state index contributed by atoms with van der Waals surface area (Å²) in [6.45, 7) is 4.07. The van der Waals surface area contributed by atoms with Crippen LogP contribution >= 0.6 is 0 Å². The van der Waals surface area contributed by atoms with Crippen LogP contribution < -0.4 is 15.7 Å². The van der Waals surface area contributed by atoms with Crippen molar-refractivity contribution in [2.24, 2.45) is 0 Å². The van der Waals surface area contributed by atoms with Crippen molar-refractivity contribution in [1.82, 2.24) is 5.32 Å². The highest BCUT2D eigenvalue weighted by Gasteiger charge is 2.16. The topological polar surface area (TPSA) is 81.7 Å². The predicted octanol–water partition coefficient (Wildman–Crippen LogP) is 4.09. The number of hydrogen-bond donors (Lipinski definition) is 1. The monoisotopic (exact) mass is 377 g/mol. The first-order valence-corrected chi connectivity index (χ1v) is 8.85. The maximum Gasteiger partial charge on any atom is 0.336 e. The van der Waals surface area contributed by atoms with Crippen LogP contribution in [0.3, 0.4) is 0 Å². The number of aryl methyl sites for hydroxylation is 2. The molecule has 0 spiro atoms. The molecule has 6 heteroatoms. The van der Waals surface area contributed by atoms with Crippen LogP contribution in [-0.4, -0.2) is 13.0 Å². The molecule has 0 fully saturated rings. The summed E-state index contributed by atoms with van der Waals surface area (Å²) in [4.78, 5) is 24.5. The molecule has 2 heterocycles. The van der Waals surface area contributed by atoms with E-state index >= 15 is 0 Å². The molecule has 1 amide bonds. The third-order valence-electron chi connectivity index (χ3n) is 4.66. The van der Waals surface area contributed by atoms with E-state index in [-0.39, 0.29) is 18.2 Å². The van der Waals surface area contributed by atoms with E-state index in [2.05, 4.69) is 5.32 Å². The van der Waals surface area contributed by atoms with Crippen LogP contribution in [0.4, 0.5) is 0 Å². The van der Waals surface area contributed by atoms with Gasteiger partial charge in [-0.05, 0) is 48.7 Å². The van der Waals surface area contributed by atoms with Gasteiger partial charge in [0.1, 0.15) is 5.58 Å². The number of nitrogens with one attached hydrogen (secondary N) is 1. The average Bonchev–Trinajstić information content (AvgIpc) is 3.09. The Morgan fingerprint density at radius 2 is 1.93 bits per heavy atom. The third kappa shape index (κ3) is 3.13. The summed E-state index contributed by atoms with van der Waals surface area (Å²) in [5.74, 6) is 0.373. The van der Waals surface area contributed by atoms with Gasteiger partial charge in [0.05, 0.1) is 7.11 Å². The quantitative estimate of drug-likeness (QED) is 0.542. The number of amides is 1. The number of rotatable bonds is 4. The molecule has 0 bridgehead atoms. The summed E-state index contributed by atoms with van der Waals surface area (Å²) < 4.78 is 16.3. The van der Waals surface area contributed by atoms with Crippen molar-refractivity contribution in [3.63, 3.8) is 0 Å². The Labute approximate surface area is 160 Å². The SMILES string of the molecule is COc1cccc2cc(C(=O)NCc3cc(=O)oc4cc(C)cc(C)c34)oc12. The number of para-hydroxylation sites is 1. The van der Waals surface area contributed by atoms with Gasteiger partial charge in [-0.15, -0.1) is 0 Å². The summed E-state index contributed by atoms with van der Waals surface area (Å²) >= 11 is 0. The van der Waals surface area contributed by atoms with Gasteiger partial charge in [-0.1, -0.05) is 18.2 Å². The molecular weight excluding hydrogens is 358 g/mol. The molecule has 0 saturated heterocycles. The zero-order valence-electron chi connectivity index (χ0n) is 15.8. The fraction of sp³-hybridized carbons (Fsp3) is 0.182. The van der Waals surface area contributed by atoms with Crippen LogP contribution in [0.25, 0.3) is 21.9 Å². The summed E-state index contributed by atoms with van der Waals surface area (Å²) in [5.41, 5.74) is 3.28. The van der Waals surface area contributed by atoms with Crippen molar-refractivity contribution in [1.29, 1.82) is 0 Å². The standard InChI is InChI=1S/C22H19NO5/c1-12-7-13(2)20-15(10-19(24)27-17(20)8-12)11-23-22(25)18-9-14-5-4-6-16(26-3)21(14)28-18/h4-10H,11H2,1-3H3,(H,23,25). The second-order valence-corrected chi connectivity index (χ2v) is 6.72. The molecule has 0 saturated carbocycles. The Hall–Kier alpha value is -3.54. The van der Waals surface area contributed by atoms with Crippen molar-refractivity contribution >= 4 is 27.8 Å². The largest absolute Gasteiger partial charge is 0.493 e. The Bertz CT molecular complexity index is 1270. The second kappa shape index (κ2) is 6.88. The second-order valence-electron chi connectivity index (χ2n) is 6.72. The number of furan rings is 1. The molecule has 142 valence electrons. The van der Waals surface area contributed by atoms with Gasteiger partial charge in [-0.3, -0.25) is 4.79 Å². The minimum Gasteiger partial charge on any atom is -0.493 e. The average molecular weight is 377 g/mol. The lowest BCUT2D eigenvalue weighted by Gasteiger charge is -2.10. The minimum atomic E-state index is -0.449. The lowest BCUT2D eigenvalue weighted by atomic mass is 10.0. The number of ether oxygens (including phenoxy) is 1. The molecule has 28 heavy (non-hydrogen) atoms. The van der Waals surface area contributed by atoms with Gasteiger partial charge in [-0.25, -0.2) is 4.79 Å². The lowest BCUT2D eigenvalue weighted by Crippen LogP contribution is -2.23. The molecule has 4 aromatic rings. The summed E-state index contributed by atoms with van der Waals surface area (Å²) in [5, 5.41) is 4.43. The van der Waals surface area contributed by atoms with Crippen LogP contribution in [0.5, 0.6) is 5.75 Å². The molecule has 2 aromatic heterocycles. The predicted molar refractivity (Wildman–Crippen MR) is 106 cm³/mol. The van der Waals surface area contributed by atoms with E-state index in [1.807, 2.05) is 38.1 Å². The molecule has 0 aliphatic rings. The summed E-state index contributed by atoms with van der Waals surface area (Å²) in [6, 6.07) is 12.4. The molecule has 0 atom stereocenters. The highest BCUT2D eigenvalue weighted by Crippen LogP contribution is 2.28. The smallest absolute Gasteiger partial charge is 0.336 e. The van der Waals surface area contributed by atoms with Gasteiger partial charge in [0.2, 0.25) is 0 Å². The van der Waals surface area contributed by atoms with E-state index in [4.69, 9.17) is 13.6 Å². The first-order valence-electron chi connectivity index (χ1n) is 8.85. The van der Waals surface area contributed by atoms with Crippen molar-refractivity contribution in [3.8, 4) is 5.75 Å². The zero-order chi connectivity index (χ0) is 19.8. The Morgan fingerprint density at radius 1 is 1.11 bits per heavy atom. The fourth-order valence-corrected chi connectivity index (χ4v) is 3.48. The van der Waals surface area contributed by atoms with Gasteiger partial charge >= 0.3 is 5.63 Å². The van der Waals surface area contributed by atoms with E-state index in [1.165, 1.54) is 6.07 Å². The molecule has 1 N–H and O–H groups in total. The molecule has 0 radical (unpaired) electrons.